The summed E-state index contributed by atoms with van der Waals surface area (Å²) in [6.07, 6.45) is 0. The van der Waals surface area contributed by atoms with Gasteiger partial charge in [-0.05, 0) is 17.7 Å². The van der Waals surface area contributed by atoms with E-state index in [0.29, 0.717) is 28.6 Å². The number of hydrogen-bond donors (Lipinski definition) is 0. The van der Waals surface area contributed by atoms with Crippen LogP contribution in [-0.2, 0) is 0 Å². The molecule has 0 spiro atoms. The fourth-order valence-corrected chi connectivity index (χ4v) is 1.47. The molecule has 0 saturated heterocycles. The number of tetrazole rings is 1. The van der Waals surface area contributed by atoms with Gasteiger partial charge in [-0.25, -0.2) is 0 Å². The Bertz CT molecular complexity index is 473. The van der Waals surface area contributed by atoms with Gasteiger partial charge < -0.3 is 19.3 Å². The fraction of sp³-hybridized carbons (Fsp3) is 0.300. The van der Waals surface area contributed by atoms with Gasteiger partial charge in [0.1, 0.15) is 0 Å². The molecule has 0 unspecified atom stereocenters. The molecule has 2 rings (SSSR count). The highest BCUT2D eigenvalue weighted by atomic mass is 16.5. The summed E-state index contributed by atoms with van der Waals surface area (Å²) in [6.45, 7) is 0. The Morgan fingerprint density at radius 1 is 1.00 bits per heavy atom. The van der Waals surface area contributed by atoms with E-state index in [-0.39, 0.29) is 0 Å². The van der Waals surface area contributed by atoms with Gasteiger partial charge in [-0.1, -0.05) is 0 Å². The van der Waals surface area contributed by atoms with E-state index in [1.165, 1.54) is 0 Å². The average Bonchev–Trinajstić information content (AvgIpc) is 2.90. The van der Waals surface area contributed by atoms with Gasteiger partial charge in [-0.2, -0.15) is 5.21 Å². The molecule has 0 aliphatic carbocycles. The average molecular weight is 235 g/mol. The maximum Gasteiger partial charge on any atom is 0.203 e. The second-order valence-corrected chi connectivity index (χ2v) is 3.12. The summed E-state index contributed by atoms with van der Waals surface area (Å²) in [7, 11) is 4.63. The fourth-order valence-electron chi connectivity index (χ4n) is 1.47. The van der Waals surface area contributed by atoms with E-state index in [2.05, 4.69) is 20.6 Å². The second-order valence-electron chi connectivity index (χ2n) is 3.12. The largest absolute Gasteiger partial charge is 0.493 e. The summed E-state index contributed by atoms with van der Waals surface area (Å²) in [5, 5.41) is 14.4. The molecule has 1 aromatic heterocycles. The van der Waals surface area contributed by atoms with Crippen LogP contribution in [0.3, 0.4) is 0 Å². The van der Waals surface area contributed by atoms with Crippen LogP contribution >= 0.6 is 0 Å². The van der Waals surface area contributed by atoms with Crippen LogP contribution in [0.1, 0.15) is 0 Å². The van der Waals surface area contributed by atoms with Gasteiger partial charge in [0.25, 0.3) is 0 Å². The van der Waals surface area contributed by atoms with Crippen molar-refractivity contribution in [2.24, 2.45) is 0 Å². The highest BCUT2D eigenvalue weighted by Gasteiger charge is 2.13. The number of ether oxygens (including phenoxy) is 3. The van der Waals surface area contributed by atoms with Gasteiger partial charge in [0, 0.05) is 5.82 Å². The summed E-state index contributed by atoms with van der Waals surface area (Å²) < 4.78 is 15.6. The maximum absolute atomic E-state index is 5.22. The smallest absolute Gasteiger partial charge is 0.203 e. The SMILES string of the molecule is COc1cc(-c2nnn[n-]2)cc(OC)c1OC. The summed E-state index contributed by atoms with van der Waals surface area (Å²) in [6, 6.07) is 3.47. The lowest BCUT2D eigenvalue weighted by Gasteiger charge is -2.13. The van der Waals surface area contributed by atoms with E-state index in [1.54, 1.807) is 33.5 Å². The molecule has 0 bridgehead atoms. The van der Waals surface area contributed by atoms with Crippen molar-refractivity contribution in [3.63, 3.8) is 0 Å². The molecule has 17 heavy (non-hydrogen) atoms. The van der Waals surface area contributed by atoms with Crippen molar-refractivity contribution in [1.29, 1.82) is 0 Å². The zero-order valence-corrected chi connectivity index (χ0v) is 9.67. The van der Waals surface area contributed by atoms with Crippen LogP contribution in [0.2, 0.25) is 0 Å². The Morgan fingerprint density at radius 2 is 1.65 bits per heavy atom. The first kappa shape index (κ1) is 11.2. The molecular formula is C10H11N4O3-. The molecule has 0 fully saturated rings. The van der Waals surface area contributed by atoms with Crippen LogP contribution in [0.4, 0.5) is 0 Å². The predicted molar refractivity (Wildman–Crippen MR) is 58.2 cm³/mol. The van der Waals surface area contributed by atoms with Gasteiger partial charge in [-0.3, -0.25) is 10.3 Å². The van der Waals surface area contributed by atoms with Crippen LogP contribution in [0.25, 0.3) is 11.4 Å². The first-order chi connectivity index (χ1) is 8.30. The Labute approximate surface area is 97.7 Å². The van der Waals surface area contributed by atoms with E-state index in [9.17, 15) is 0 Å². The molecule has 7 nitrogen and oxygen atoms in total. The quantitative estimate of drug-likeness (QED) is 0.764. The van der Waals surface area contributed by atoms with Crippen molar-refractivity contribution >= 4 is 0 Å². The summed E-state index contributed by atoms with van der Waals surface area (Å²) in [5.41, 5.74) is 0.699. The first-order valence-electron chi connectivity index (χ1n) is 4.79. The molecule has 90 valence electrons. The first-order valence-corrected chi connectivity index (χ1v) is 4.79. The Kier molecular flexibility index (Phi) is 3.08. The lowest BCUT2D eigenvalue weighted by Crippen LogP contribution is -1.96. The van der Waals surface area contributed by atoms with Crippen molar-refractivity contribution in [3.8, 4) is 28.6 Å². The number of rotatable bonds is 4. The van der Waals surface area contributed by atoms with Gasteiger partial charge >= 0.3 is 0 Å². The Morgan fingerprint density at radius 3 is 2.06 bits per heavy atom. The van der Waals surface area contributed by atoms with Crippen molar-refractivity contribution < 1.29 is 14.2 Å². The third-order valence-electron chi connectivity index (χ3n) is 2.24. The molecule has 0 atom stereocenters. The second kappa shape index (κ2) is 4.69. The number of nitrogens with zero attached hydrogens (tertiary/aromatic N) is 4. The summed E-state index contributed by atoms with van der Waals surface area (Å²) in [5.74, 6) is 1.99. The Hall–Kier alpha value is -2.31. The molecule has 0 aliphatic heterocycles. The number of aromatic nitrogens is 4. The number of methoxy groups -OCH3 is 3. The van der Waals surface area contributed by atoms with E-state index >= 15 is 0 Å². The van der Waals surface area contributed by atoms with E-state index < -0.39 is 0 Å². The molecular weight excluding hydrogens is 224 g/mol. The molecule has 0 aliphatic rings. The number of hydrogen-bond acceptors (Lipinski definition) is 6. The van der Waals surface area contributed by atoms with E-state index in [0.717, 1.165) is 0 Å². The molecule has 7 heteroatoms. The zero-order chi connectivity index (χ0) is 12.3. The molecule has 1 heterocycles. The van der Waals surface area contributed by atoms with Gasteiger partial charge in [0.05, 0.1) is 21.3 Å². The summed E-state index contributed by atoms with van der Waals surface area (Å²) >= 11 is 0. The van der Waals surface area contributed by atoms with E-state index in [4.69, 9.17) is 14.2 Å². The molecule has 2 aromatic rings. The zero-order valence-electron chi connectivity index (χ0n) is 9.67. The van der Waals surface area contributed by atoms with Crippen LogP contribution in [0.5, 0.6) is 17.2 Å². The van der Waals surface area contributed by atoms with Gasteiger partial charge in [-0.15, -0.1) is 0 Å². The van der Waals surface area contributed by atoms with Crippen LogP contribution in [0.15, 0.2) is 12.1 Å². The Balaban J connectivity index is 2.56. The molecule has 0 saturated carbocycles. The minimum atomic E-state index is 0.407. The van der Waals surface area contributed by atoms with Gasteiger partial charge in [0.15, 0.2) is 11.5 Å². The molecule has 0 radical (unpaired) electrons. The van der Waals surface area contributed by atoms with Crippen molar-refractivity contribution in [3.05, 3.63) is 12.1 Å². The highest BCUT2D eigenvalue weighted by molar-refractivity contribution is 5.66. The minimum absolute atomic E-state index is 0.407. The molecule has 0 N–H and O–H groups in total. The van der Waals surface area contributed by atoms with Gasteiger partial charge in [0.2, 0.25) is 5.75 Å². The molecule has 1 aromatic carbocycles. The normalized spacial score (nSPS) is 10.1. The number of benzene rings is 1. The molecule has 0 amide bonds. The van der Waals surface area contributed by atoms with Crippen molar-refractivity contribution in [2.45, 2.75) is 0 Å². The van der Waals surface area contributed by atoms with E-state index in [1.807, 2.05) is 0 Å². The standard InChI is InChI=1S/C10H11N4O3/c1-15-7-4-6(10-11-13-14-12-10)5-8(16-2)9(7)17-3/h4-5H,1-3H3/q-1. The predicted octanol–water partition coefficient (Wildman–Crippen LogP) is 0.522. The van der Waals surface area contributed by atoms with Crippen LogP contribution in [-0.4, -0.2) is 36.9 Å². The van der Waals surface area contributed by atoms with Crippen LogP contribution in [0, 0.1) is 0 Å². The third-order valence-corrected chi connectivity index (χ3v) is 2.24. The maximum atomic E-state index is 5.22. The minimum Gasteiger partial charge on any atom is -0.493 e. The topological polar surface area (TPSA) is 80.5 Å². The highest BCUT2D eigenvalue weighted by Crippen LogP contribution is 2.40. The third kappa shape index (κ3) is 1.99. The van der Waals surface area contributed by atoms with Crippen molar-refractivity contribution in [2.75, 3.05) is 21.3 Å². The lowest BCUT2D eigenvalue weighted by atomic mass is 10.1. The van der Waals surface area contributed by atoms with Crippen molar-refractivity contribution in [1.82, 2.24) is 20.6 Å². The lowest BCUT2D eigenvalue weighted by molar-refractivity contribution is 0.324. The van der Waals surface area contributed by atoms with Crippen LogP contribution < -0.4 is 19.3 Å². The summed E-state index contributed by atoms with van der Waals surface area (Å²) in [4.78, 5) is 0. The monoisotopic (exact) mass is 235 g/mol.